The van der Waals surface area contributed by atoms with E-state index in [0.29, 0.717) is 5.57 Å². The highest BCUT2D eigenvalue weighted by Gasteiger charge is 1.98. The van der Waals surface area contributed by atoms with Gasteiger partial charge in [-0.15, -0.1) is 0 Å². The van der Waals surface area contributed by atoms with Crippen molar-refractivity contribution >= 4 is 18.0 Å². The summed E-state index contributed by atoms with van der Waals surface area (Å²) in [5.41, 5.74) is 1.39. The summed E-state index contributed by atoms with van der Waals surface area (Å²) >= 11 is 0. The number of rotatable bonds is 7. The van der Waals surface area contributed by atoms with Crippen LogP contribution in [0.1, 0.15) is 12.5 Å². The van der Waals surface area contributed by atoms with Gasteiger partial charge in [0.05, 0.1) is 0 Å². The lowest BCUT2D eigenvalue weighted by Gasteiger charge is -1.97. The fourth-order valence-electron chi connectivity index (χ4n) is 1.18. The molecular weight excluding hydrogens is 292 g/mol. The van der Waals surface area contributed by atoms with Crippen LogP contribution in [0.15, 0.2) is 73.9 Å². The molecule has 1 aromatic rings. The quantitative estimate of drug-likeness (QED) is 0.437. The molecule has 1 rings (SSSR count). The number of ether oxygens (including phenoxy) is 2. The fourth-order valence-corrected chi connectivity index (χ4v) is 1.18. The Balaban J connectivity index is 0.000000468. The topological polar surface area (TPSA) is 52.6 Å². The molecular formula is C19H22O4. The average molecular weight is 314 g/mol. The van der Waals surface area contributed by atoms with Crippen molar-refractivity contribution in [3.05, 3.63) is 79.4 Å². The third-order valence-electron chi connectivity index (χ3n) is 2.24. The summed E-state index contributed by atoms with van der Waals surface area (Å²) in [5, 5.41) is 0. The summed E-state index contributed by atoms with van der Waals surface area (Å²) in [7, 11) is 0. The summed E-state index contributed by atoms with van der Waals surface area (Å²) in [4.78, 5) is 21.6. The fraction of sp³-hybridized carbons (Fsp3) is 0.158. The standard InChI is InChI=1S/C12H12O2.C7H10O2/c1-2-10-14-12(13)9-8-11-6-4-3-5-7-11;1-4-5-9-7(8)6(2)3/h2-9H,1,10H2;4H,1-2,5H2,3H3. The van der Waals surface area contributed by atoms with Crippen LogP contribution >= 0.6 is 0 Å². The Hall–Kier alpha value is -2.88. The van der Waals surface area contributed by atoms with Crippen LogP contribution in [0.25, 0.3) is 6.08 Å². The number of esters is 2. The summed E-state index contributed by atoms with van der Waals surface area (Å²) in [6.45, 7) is 12.3. The first-order valence-corrected chi connectivity index (χ1v) is 6.95. The number of benzene rings is 1. The van der Waals surface area contributed by atoms with E-state index in [1.165, 1.54) is 18.2 Å². The lowest BCUT2D eigenvalue weighted by atomic mass is 10.2. The molecule has 0 N–H and O–H groups in total. The third kappa shape index (κ3) is 11.5. The van der Waals surface area contributed by atoms with Gasteiger partial charge in [0.25, 0.3) is 0 Å². The molecule has 23 heavy (non-hydrogen) atoms. The highest BCUT2D eigenvalue weighted by Crippen LogP contribution is 2.00. The van der Waals surface area contributed by atoms with Crippen molar-refractivity contribution in [1.29, 1.82) is 0 Å². The first kappa shape index (κ1) is 20.1. The van der Waals surface area contributed by atoms with Crippen molar-refractivity contribution < 1.29 is 19.1 Å². The Bertz CT molecular complexity index is 556. The van der Waals surface area contributed by atoms with E-state index < -0.39 is 0 Å². The first-order valence-electron chi connectivity index (χ1n) is 6.95. The number of hydrogen-bond donors (Lipinski definition) is 0. The molecule has 0 aliphatic heterocycles. The molecule has 4 heteroatoms. The van der Waals surface area contributed by atoms with Crippen LogP contribution < -0.4 is 0 Å². The highest BCUT2D eigenvalue weighted by atomic mass is 16.5. The maximum absolute atomic E-state index is 11.0. The van der Waals surface area contributed by atoms with E-state index in [-0.39, 0.29) is 25.2 Å². The Kier molecular flexibility index (Phi) is 11.2. The van der Waals surface area contributed by atoms with Crippen molar-refractivity contribution in [3.63, 3.8) is 0 Å². The molecule has 0 unspecified atom stereocenters. The lowest BCUT2D eigenvalue weighted by molar-refractivity contribution is -0.138. The predicted octanol–water partition coefficient (Wildman–Crippen LogP) is 3.72. The highest BCUT2D eigenvalue weighted by molar-refractivity contribution is 5.87. The Morgan fingerprint density at radius 2 is 1.61 bits per heavy atom. The summed E-state index contributed by atoms with van der Waals surface area (Å²) in [6, 6.07) is 9.57. The van der Waals surface area contributed by atoms with E-state index in [1.807, 2.05) is 30.3 Å². The second-order valence-electron chi connectivity index (χ2n) is 4.33. The Morgan fingerprint density at radius 3 is 2.13 bits per heavy atom. The second-order valence-corrected chi connectivity index (χ2v) is 4.33. The van der Waals surface area contributed by atoms with Gasteiger partial charge in [0.2, 0.25) is 0 Å². The molecule has 0 atom stereocenters. The molecule has 0 saturated carbocycles. The van der Waals surface area contributed by atoms with E-state index in [4.69, 9.17) is 4.74 Å². The number of hydrogen-bond acceptors (Lipinski definition) is 4. The van der Waals surface area contributed by atoms with Gasteiger partial charge in [0.1, 0.15) is 13.2 Å². The summed E-state index contributed by atoms with van der Waals surface area (Å²) in [5.74, 6) is -0.719. The normalized spacial score (nSPS) is 9.26. The zero-order chi connectivity index (χ0) is 17.5. The molecule has 0 aliphatic rings. The van der Waals surface area contributed by atoms with Crippen LogP contribution in [-0.4, -0.2) is 25.2 Å². The average Bonchev–Trinajstić information content (AvgIpc) is 2.57. The molecule has 4 nitrogen and oxygen atoms in total. The number of carbonyl (C=O) groups excluding carboxylic acids is 2. The second kappa shape index (κ2) is 12.8. The minimum atomic E-state index is -0.366. The van der Waals surface area contributed by atoms with E-state index in [1.54, 1.807) is 13.0 Å². The third-order valence-corrected chi connectivity index (χ3v) is 2.24. The van der Waals surface area contributed by atoms with Crippen molar-refractivity contribution in [2.45, 2.75) is 6.92 Å². The Morgan fingerprint density at radius 1 is 1.04 bits per heavy atom. The lowest BCUT2D eigenvalue weighted by Crippen LogP contribution is -2.03. The predicted molar refractivity (Wildman–Crippen MR) is 92.6 cm³/mol. The maximum atomic E-state index is 11.0. The van der Waals surface area contributed by atoms with Gasteiger partial charge in [0, 0.05) is 11.6 Å². The molecule has 0 saturated heterocycles. The summed E-state index contributed by atoms with van der Waals surface area (Å²) in [6.07, 6.45) is 6.17. The van der Waals surface area contributed by atoms with Crippen LogP contribution in [0.2, 0.25) is 0 Å². The van der Waals surface area contributed by atoms with Gasteiger partial charge in [-0.05, 0) is 18.6 Å². The van der Waals surface area contributed by atoms with E-state index in [9.17, 15) is 9.59 Å². The van der Waals surface area contributed by atoms with Gasteiger partial charge in [-0.3, -0.25) is 0 Å². The zero-order valence-corrected chi connectivity index (χ0v) is 13.4. The van der Waals surface area contributed by atoms with E-state index >= 15 is 0 Å². The van der Waals surface area contributed by atoms with Crippen LogP contribution in [0.4, 0.5) is 0 Å². The van der Waals surface area contributed by atoms with Gasteiger partial charge < -0.3 is 9.47 Å². The minimum Gasteiger partial charge on any atom is -0.458 e. The van der Waals surface area contributed by atoms with Gasteiger partial charge in [-0.2, -0.15) is 0 Å². The molecule has 0 fully saturated rings. The molecule has 0 bridgehead atoms. The zero-order valence-electron chi connectivity index (χ0n) is 13.4. The minimum absolute atomic E-state index is 0.248. The van der Waals surface area contributed by atoms with Crippen LogP contribution in [-0.2, 0) is 19.1 Å². The molecule has 1 aromatic carbocycles. The van der Waals surface area contributed by atoms with Crippen molar-refractivity contribution in [1.82, 2.24) is 0 Å². The maximum Gasteiger partial charge on any atom is 0.333 e. The Labute approximate surface area is 137 Å². The largest absolute Gasteiger partial charge is 0.458 e. The van der Waals surface area contributed by atoms with Crippen molar-refractivity contribution in [3.8, 4) is 0 Å². The van der Waals surface area contributed by atoms with E-state index in [2.05, 4.69) is 24.5 Å². The smallest absolute Gasteiger partial charge is 0.333 e. The van der Waals surface area contributed by atoms with Crippen LogP contribution in [0.5, 0.6) is 0 Å². The molecule has 0 aromatic heterocycles. The molecule has 0 heterocycles. The monoisotopic (exact) mass is 314 g/mol. The van der Waals surface area contributed by atoms with Gasteiger partial charge in [-0.25, -0.2) is 9.59 Å². The molecule has 0 spiro atoms. The van der Waals surface area contributed by atoms with Gasteiger partial charge in [0.15, 0.2) is 0 Å². The van der Waals surface area contributed by atoms with Crippen molar-refractivity contribution in [2.24, 2.45) is 0 Å². The molecule has 0 amide bonds. The molecule has 0 aliphatic carbocycles. The van der Waals surface area contributed by atoms with Gasteiger partial charge in [-0.1, -0.05) is 62.2 Å². The summed E-state index contributed by atoms with van der Waals surface area (Å²) < 4.78 is 9.37. The SMILES string of the molecule is C=CCOC(=O)C(=C)C.C=CCOC(=O)C=Cc1ccccc1. The molecule has 122 valence electrons. The molecule has 0 radical (unpaired) electrons. The first-order chi connectivity index (χ1) is 11.0. The van der Waals surface area contributed by atoms with Gasteiger partial charge >= 0.3 is 11.9 Å². The van der Waals surface area contributed by atoms with Crippen LogP contribution in [0, 0.1) is 0 Å². The van der Waals surface area contributed by atoms with Crippen molar-refractivity contribution in [2.75, 3.05) is 13.2 Å². The number of carbonyl (C=O) groups is 2. The van der Waals surface area contributed by atoms with E-state index in [0.717, 1.165) is 5.56 Å². The van der Waals surface area contributed by atoms with Crippen LogP contribution in [0.3, 0.4) is 0 Å².